The number of fused-ring (bicyclic) bond motifs is 1. The minimum Gasteiger partial charge on any atom is -0.496 e. The summed E-state index contributed by atoms with van der Waals surface area (Å²) in [4.78, 5) is 4.22. The first kappa shape index (κ1) is 8.05. The molecule has 1 aromatic carbocycles. The molecule has 1 heterocycles. The summed E-state index contributed by atoms with van der Waals surface area (Å²) < 4.78 is 5.07. The van der Waals surface area contributed by atoms with Crippen LogP contribution < -0.4 is 4.74 Å². The largest absolute Gasteiger partial charge is 0.496 e. The topological polar surface area (TPSA) is 22.1 Å². The van der Waals surface area contributed by atoms with Crippen molar-refractivity contribution in [2.45, 2.75) is 6.92 Å². The summed E-state index contributed by atoms with van der Waals surface area (Å²) >= 11 is 0. The molecule has 2 aromatic rings. The normalized spacial score (nSPS) is 10.3. The van der Waals surface area contributed by atoms with E-state index < -0.39 is 0 Å². The maximum atomic E-state index is 5.07. The molecule has 0 amide bonds. The van der Waals surface area contributed by atoms with Crippen molar-refractivity contribution in [3.63, 3.8) is 0 Å². The zero-order valence-electron chi connectivity index (χ0n) is 7.66. The highest BCUT2D eigenvalue weighted by Crippen LogP contribution is 2.20. The van der Waals surface area contributed by atoms with E-state index in [1.807, 2.05) is 18.2 Å². The van der Waals surface area contributed by atoms with Crippen molar-refractivity contribution < 1.29 is 4.74 Å². The van der Waals surface area contributed by atoms with Crippen LogP contribution in [0.2, 0.25) is 0 Å². The second-order valence-corrected chi connectivity index (χ2v) is 2.92. The number of hydrogen-bond acceptors (Lipinski definition) is 2. The standard InChI is InChI=1S/C11H10NO/c1-8-5-6-12-11-7-9(13-2)3-4-10(8)11/h3-6H,1-2H3. The molecule has 0 unspecified atom stereocenters. The fourth-order valence-corrected chi connectivity index (χ4v) is 1.32. The Labute approximate surface area is 77.2 Å². The lowest BCUT2D eigenvalue weighted by Crippen LogP contribution is -1.86. The summed E-state index contributed by atoms with van der Waals surface area (Å²) in [7, 11) is 1.63. The molecule has 0 spiro atoms. The molecular weight excluding hydrogens is 162 g/mol. The van der Waals surface area contributed by atoms with Crippen LogP contribution in [-0.4, -0.2) is 12.1 Å². The van der Waals surface area contributed by atoms with E-state index in [4.69, 9.17) is 4.74 Å². The van der Waals surface area contributed by atoms with Crippen LogP contribution in [0.1, 0.15) is 5.56 Å². The zero-order valence-corrected chi connectivity index (χ0v) is 7.66. The smallest absolute Gasteiger partial charge is 0.129 e. The van der Waals surface area contributed by atoms with Gasteiger partial charge in [0.15, 0.2) is 0 Å². The lowest BCUT2D eigenvalue weighted by atomic mass is 10.1. The number of ether oxygens (including phenoxy) is 1. The minimum atomic E-state index is 0.727. The molecule has 0 saturated carbocycles. The number of methoxy groups -OCH3 is 1. The van der Waals surface area contributed by atoms with Crippen molar-refractivity contribution in [2.24, 2.45) is 0 Å². The Kier molecular flexibility index (Phi) is 1.89. The molecule has 0 aliphatic heterocycles. The van der Waals surface area contributed by atoms with Crippen molar-refractivity contribution in [3.8, 4) is 5.75 Å². The van der Waals surface area contributed by atoms with E-state index >= 15 is 0 Å². The summed E-state index contributed by atoms with van der Waals surface area (Å²) in [6.45, 7) is 2.06. The number of nitrogens with zero attached hydrogens (tertiary/aromatic N) is 1. The fraction of sp³-hybridized carbons (Fsp3) is 0.182. The van der Waals surface area contributed by atoms with Crippen molar-refractivity contribution in [3.05, 3.63) is 36.0 Å². The Bertz CT molecular complexity index is 437. The van der Waals surface area contributed by atoms with E-state index in [-0.39, 0.29) is 0 Å². The summed E-state index contributed by atoms with van der Waals surface area (Å²) in [6.07, 6.45) is 1.79. The van der Waals surface area contributed by atoms with Gasteiger partial charge in [0.1, 0.15) is 5.75 Å². The van der Waals surface area contributed by atoms with Gasteiger partial charge >= 0.3 is 0 Å². The van der Waals surface area contributed by atoms with Crippen LogP contribution in [0.3, 0.4) is 0 Å². The number of pyridine rings is 1. The third-order valence-corrected chi connectivity index (χ3v) is 2.07. The summed E-state index contributed by atoms with van der Waals surface area (Å²) in [5.74, 6) is 0.727. The Balaban J connectivity index is 2.72. The van der Waals surface area contributed by atoms with E-state index in [1.165, 1.54) is 5.56 Å². The van der Waals surface area contributed by atoms with Crippen LogP contribution in [-0.2, 0) is 0 Å². The van der Waals surface area contributed by atoms with E-state index in [0.717, 1.165) is 16.7 Å². The second kappa shape index (κ2) is 3.05. The highest BCUT2D eigenvalue weighted by Gasteiger charge is 1.99. The molecule has 0 saturated heterocycles. The number of benzene rings is 1. The van der Waals surface area contributed by atoms with Crippen LogP contribution in [0, 0.1) is 13.0 Å². The molecular formula is C11H10NO. The first-order valence-electron chi connectivity index (χ1n) is 4.13. The summed E-state index contributed by atoms with van der Waals surface area (Å²) in [6, 6.07) is 8.98. The lowest BCUT2D eigenvalue weighted by molar-refractivity contribution is 0.414. The molecule has 0 fully saturated rings. The van der Waals surface area contributed by atoms with Gasteiger partial charge in [0.25, 0.3) is 0 Å². The first-order chi connectivity index (χ1) is 6.31. The maximum absolute atomic E-state index is 5.07. The SMILES string of the molecule is COc1[c]c2nccc(C)c2cc1. The van der Waals surface area contributed by atoms with Gasteiger partial charge in [-0.3, -0.25) is 4.98 Å². The quantitative estimate of drug-likeness (QED) is 0.658. The Morgan fingerprint density at radius 2 is 2.15 bits per heavy atom. The fourth-order valence-electron chi connectivity index (χ4n) is 1.32. The molecule has 2 rings (SSSR count). The number of aryl methyl sites for hydroxylation is 1. The van der Waals surface area contributed by atoms with Gasteiger partial charge in [-0.2, -0.15) is 0 Å². The van der Waals surface area contributed by atoms with Gasteiger partial charge in [0, 0.05) is 11.6 Å². The average molecular weight is 172 g/mol. The van der Waals surface area contributed by atoms with Gasteiger partial charge in [-0.25, -0.2) is 0 Å². The average Bonchev–Trinajstić information content (AvgIpc) is 2.18. The van der Waals surface area contributed by atoms with E-state index in [1.54, 1.807) is 13.3 Å². The molecule has 2 heteroatoms. The summed E-state index contributed by atoms with van der Waals surface area (Å²) in [5.41, 5.74) is 2.07. The molecule has 0 aliphatic carbocycles. The van der Waals surface area contributed by atoms with Gasteiger partial charge in [0.2, 0.25) is 0 Å². The molecule has 65 valence electrons. The number of rotatable bonds is 1. The van der Waals surface area contributed by atoms with E-state index in [9.17, 15) is 0 Å². The second-order valence-electron chi connectivity index (χ2n) is 2.92. The van der Waals surface area contributed by atoms with Gasteiger partial charge in [-0.05, 0) is 30.7 Å². The Morgan fingerprint density at radius 3 is 2.92 bits per heavy atom. The van der Waals surface area contributed by atoms with Crippen LogP contribution in [0.15, 0.2) is 24.4 Å². The van der Waals surface area contributed by atoms with Gasteiger partial charge in [-0.15, -0.1) is 0 Å². The predicted molar refractivity (Wildman–Crippen MR) is 51.9 cm³/mol. The van der Waals surface area contributed by atoms with Crippen molar-refractivity contribution in [2.75, 3.05) is 7.11 Å². The van der Waals surface area contributed by atoms with Gasteiger partial charge in [0.05, 0.1) is 18.7 Å². The van der Waals surface area contributed by atoms with Crippen molar-refractivity contribution in [1.29, 1.82) is 0 Å². The van der Waals surface area contributed by atoms with Crippen LogP contribution in [0.25, 0.3) is 10.9 Å². The first-order valence-corrected chi connectivity index (χ1v) is 4.13. The van der Waals surface area contributed by atoms with Gasteiger partial charge < -0.3 is 4.74 Å². The van der Waals surface area contributed by atoms with Crippen LogP contribution in [0.4, 0.5) is 0 Å². The zero-order chi connectivity index (χ0) is 9.26. The highest BCUT2D eigenvalue weighted by molar-refractivity contribution is 5.82. The van der Waals surface area contributed by atoms with E-state index in [0.29, 0.717) is 0 Å². The third kappa shape index (κ3) is 1.35. The van der Waals surface area contributed by atoms with Gasteiger partial charge in [-0.1, -0.05) is 0 Å². The van der Waals surface area contributed by atoms with Crippen LogP contribution in [0.5, 0.6) is 5.75 Å². The van der Waals surface area contributed by atoms with Crippen LogP contribution >= 0.6 is 0 Å². The number of aromatic nitrogens is 1. The molecule has 1 radical (unpaired) electrons. The molecule has 1 aromatic heterocycles. The maximum Gasteiger partial charge on any atom is 0.129 e. The molecule has 13 heavy (non-hydrogen) atoms. The molecule has 0 atom stereocenters. The molecule has 0 bridgehead atoms. The Morgan fingerprint density at radius 1 is 1.31 bits per heavy atom. The lowest BCUT2D eigenvalue weighted by Gasteiger charge is -2.02. The van der Waals surface area contributed by atoms with Crippen molar-refractivity contribution >= 4 is 10.9 Å². The molecule has 2 nitrogen and oxygen atoms in total. The molecule has 0 N–H and O–H groups in total. The van der Waals surface area contributed by atoms with Crippen molar-refractivity contribution in [1.82, 2.24) is 4.98 Å². The Hall–Kier alpha value is -1.57. The number of hydrogen-bond donors (Lipinski definition) is 0. The monoisotopic (exact) mass is 172 g/mol. The summed E-state index contributed by atoms with van der Waals surface area (Å²) in [5, 5.41) is 1.13. The predicted octanol–water partition coefficient (Wildman–Crippen LogP) is 2.35. The molecule has 0 aliphatic rings. The minimum absolute atomic E-state index is 0.727. The third-order valence-electron chi connectivity index (χ3n) is 2.07. The highest BCUT2D eigenvalue weighted by atomic mass is 16.5. The van der Waals surface area contributed by atoms with E-state index in [2.05, 4.69) is 18.0 Å².